The second kappa shape index (κ2) is 6.44. The zero-order valence-corrected chi connectivity index (χ0v) is 7.80. The fourth-order valence-corrected chi connectivity index (χ4v) is 1.82. The molecule has 0 aromatic rings. The predicted octanol–water partition coefficient (Wildman–Crippen LogP) is 1.97. The zero-order chi connectivity index (χ0) is 8.65. The van der Waals surface area contributed by atoms with Gasteiger partial charge in [0.05, 0.1) is 0 Å². The van der Waals surface area contributed by atoms with E-state index in [1.807, 2.05) is 0 Å². The number of ether oxygens (including phenoxy) is 1. The lowest BCUT2D eigenvalue weighted by atomic mass is 10.1. The van der Waals surface area contributed by atoms with E-state index in [1.54, 1.807) is 0 Å². The summed E-state index contributed by atoms with van der Waals surface area (Å²) in [7, 11) is 0. The molecule has 0 amide bonds. The molecule has 0 aromatic heterocycles. The average Bonchev–Trinajstić information content (AvgIpc) is 2.57. The molecule has 0 radical (unpaired) electrons. The standard InChI is InChI=1S/C10H20O2/c11-7-3-8-12-9-6-10-4-1-2-5-10/h10-11H,1-9H2. The van der Waals surface area contributed by atoms with E-state index in [4.69, 9.17) is 9.84 Å². The highest BCUT2D eigenvalue weighted by Gasteiger charge is 2.13. The molecule has 0 saturated heterocycles. The summed E-state index contributed by atoms with van der Waals surface area (Å²) in [5, 5.41) is 8.50. The zero-order valence-electron chi connectivity index (χ0n) is 7.80. The predicted molar refractivity (Wildman–Crippen MR) is 49.1 cm³/mol. The number of aliphatic hydroxyl groups excluding tert-OH is 1. The first-order chi connectivity index (χ1) is 5.93. The molecule has 0 bridgehead atoms. The second-order valence-electron chi connectivity index (χ2n) is 3.63. The van der Waals surface area contributed by atoms with Crippen molar-refractivity contribution in [2.75, 3.05) is 19.8 Å². The molecule has 0 aliphatic heterocycles. The summed E-state index contributed by atoms with van der Waals surface area (Å²) < 4.78 is 5.38. The van der Waals surface area contributed by atoms with Gasteiger partial charge in [0.1, 0.15) is 0 Å². The second-order valence-corrected chi connectivity index (χ2v) is 3.63. The summed E-state index contributed by atoms with van der Waals surface area (Å²) in [6.45, 7) is 1.87. The van der Waals surface area contributed by atoms with Gasteiger partial charge >= 0.3 is 0 Å². The van der Waals surface area contributed by atoms with Gasteiger partial charge in [0.15, 0.2) is 0 Å². The summed E-state index contributed by atoms with van der Waals surface area (Å²) in [4.78, 5) is 0. The molecule has 1 aliphatic rings. The number of hydrogen-bond donors (Lipinski definition) is 1. The Morgan fingerprint density at radius 3 is 2.58 bits per heavy atom. The van der Waals surface area contributed by atoms with Crippen LogP contribution < -0.4 is 0 Å². The molecule has 2 nitrogen and oxygen atoms in total. The van der Waals surface area contributed by atoms with Crippen molar-refractivity contribution in [3.8, 4) is 0 Å². The third kappa shape index (κ3) is 4.07. The van der Waals surface area contributed by atoms with Crippen LogP contribution in [-0.4, -0.2) is 24.9 Å². The maximum Gasteiger partial charge on any atom is 0.0487 e. The largest absolute Gasteiger partial charge is 0.396 e. The van der Waals surface area contributed by atoms with E-state index in [1.165, 1.54) is 32.1 Å². The Labute approximate surface area is 74.9 Å². The van der Waals surface area contributed by atoms with Gasteiger partial charge in [-0.25, -0.2) is 0 Å². The Hall–Kier alpha value is -0.0800. The summed E-state index contributed by atoms with van der Waals surface area (Å²) in [5.74, 6) is 0.930. The number of rotatable bonds is 6. The summed E-state index contributed by atoms with van der Waals surface area (Å²) >= 11 is 0. The third-order valence-corrected chi connectivity index (χ3v) is 2.59. The first-order valence-corrected chi connectivity index (χ1v) is 5.12. The molecule has 1 saturated carbocycles. The van der Waals surface area contributed by atoms with Crippen molar-refractivity contribution in [2.24, 2.45) is 5.92 Å². The monoisotopic (exact) mass is 172 g/mol. The molecule has 0 spiro atoms. The van der Waals surface area contributed by atoms with E-state index >= 15 is 0 Å². The smallest absolute Gasteiger partial charge is 0.0487 e. The van der Waals surface area contributed by atoms with Gasteiger partial charge in [-0.3, -0.25) is 0 Å². The van der Waals surface area contributed by atoms with E-state index in [9.17, 15) is 0 Å². The fourth-order valence-electron chi connectivity index (χ4n) is 1.82. The SMILES string of the molecule is OCCCOCCC1CCCC1. The van der Waals surface area contributed by atoms with Crippen LogP contribution in [-0.2, 0) is 4.74 Å². The molecule has 0 heterocycles. The lowest BCUT2D eigenvalue weighted by Gasteiger charge is -2.08. The van der Waals surface area contributed by atoms with Gasteiger partial charge < -0.3 is 9.84 Å². The Morgan fingerprint density at radius 2 is 1.92 bits per heavy atom. The molecule has 0 atom stereocenters. The molecular formula is C10H20O2. The van der Waals surface area contributed by atoms with Crippen LogP contribution >= 0.6 is 0 Å². The van der Waals surface area contributed by atoms with E-state index < -0.39 is 0 Å². The van der Waals surface area contributed by atoms with Gasteiger partial charge in [0.25, 0.3) is 0 Å². The first kappa shape index (κ1) is 10.0. The number of hydrogen-bond acceptors (Lipinski definition) is 2. The maximum atomic E-state index is 8.50. The molecule has 1 rings (SSSR count). The molecule has 1 N–H and O–H groups in total. The maximum absolute atomic E-state index is 8.50. The van der Waals surface area contributed by atoms with Crippen LogP contribution in [0.3, 0.4) is 0 Å². The van der Waals surface area contributed by atoms with Crippen LogP contribution in [0.15, 0.2) is 0 Å². The van der Waals surface area contributed by atoms with Gasteiger partial charge in [-0.15, -0.1) is 0 Å². The minimum Gasteiger partial charge on any atom is -0.396 e. The van der Waals surface area contributed by atoms with E-state index in [0.717, 1.165) is 25.6 Å². The normalized spacial score (nSPS) is 18.8. The van der Waals surface area contributed by atoms with E-state index in [-0.39, 0.29) is 6.61 Å². The minimum absolute atomic E-state index is 0.253. The molecule has 72 valence electrons. The van der Waals surface area contributed by atoms with Crippen LogP contribution in [0.5, 0.6) is 0 Å². The van der Waals surface area contributed by atoms with Crippen LogP contribution in [0, 0.1) is 5.92 Å². The molecule has 2 heteroatoms. The van der Waals surface area contributed by atoms with Crippen molar-refractivity contribution in [3.63, 3.8) is 0 Å². The average molecular weight is 172 g/mol. The van der Waals surface area contributed by atoms with Gasteiger partial charge in [-0.05, 0) is 18.8 Å². The lowest BCUT2D eigenvalue weighted by molar-refractivity contribution is 0.105. The van der Waals surface area contributed by atoms with Crippen LogP contribution in [0.25, 0.3) is 0 Å². The molecule has 12 heavy (non-hydrogen) atoms. The molecule has 0 aromatic carbocycles. The Kier molecular flexibility index (Phi) is 5.37. The van der Waals surface area contributed by atoms with Crippen molar-refractivity contribution in [3.05, 3.63) is 0 Å². The van der Waals surface area contributed by atoms with E-state index in [0.29, 0.717) is 0 Å². The molecule has 1 fully saturated rings. The quantitative estimate of drug-likeness (QED) is 0.621. The van der Waals surface area contributed by atoms with Crippen molar-refractivity contribution in [2.45, 2.75) is 38.5 Å². The Morgan fingerprint density at radius 1 is 1.17 bits per heavy atom. The van der Waals surface area contributed by atoms with Gasteiger partial charge in [0, 0.05) is 19.8 Å². The van der Waals surface area contributed by atoms with Gasteiger partial charge in [-0.1, -0.05) is 25.7 Å². The number of aliphatic hydroxyl groups is 1. The molecule has 1 aliphatic carbocycles. The van der Waals surface area contributed by atoms with Crippen molar-refractivity contribution in [1.82, 2.24) is 0 Å². The summed E-state index contributed by atoms with van der Waals surface area (Å²) in [6.07, 6.45) is 7.66. The van der Waals surface area contributed by atoms with Crippen molar-refractivity contribution < 1.29 is 9.84 Å². The van der Waals surface area contributed by atoms with Crippen LogP contribution in [0.4, 0.5) is 0 Å². The van der Waals surface area contributed by atoms with Crippen molar-refractivity contribution in [1.29, 1.82) is 0 Å². The lowest BCUT2D eigenvalue weighted by Crippen LogP contribution is -2.03. The van der Waals surface area contributed by atoms with Crippen molar-refractivity contribution >= 4 is 0 Å². The highest BCUT2D eigenvalue weighted by Crippen LogP contribution is 2.27. The van der Waals surface area contributed by atoms with Crippen LogP contribution in [0.1, 0.15) is 38.5 Å². The third-order valence-electron chi connectivity index (χ3n) is 2.59. The fraction of sp³-hybridized carbons (Fsp3) is 1.00. The topological polar surface area (TPSA) is 29.5 Å². The van der Waals surface area contributed by atoms with Crippen LogP contribution in [0.2, 0.25) is 0 Å². The van der Waals surface area contributed by atoms with E-state index in [2.05, 4.69) is 0 Å². The first-order valence-electron chi connectivity index (χ1n) is 5.12. The Bertz CT molecular complexity index is 98.0. The Balaban J connectivity index is 1.81. The molecule has 0 unspecified atom stereocenters. The summed E-state index contributed by atoms with van der Waals surface area (Å²) in [5.41, 5.74) is 0. The van der Waals surface area contributed by atoms with Gasteiger partial charge in [-0.2, -0.15) is 0 Å². The van der Waals surface area contributed by atoms with Gasteiger partial charge in [0.2, 0.25) is 0 Å². The highest BCUT2D eigenvalue weighted by molar-refractivity contribution is 4.66. The minimum atomic E-state index is 0.253. The molecular weight excluding hydrogens is 152 g/mol. The highest BCUT2D eigenvalue weighted by atomic mass is 16.5. The summed E-state index contributed by atoms with van der Waals surface area (Å²) in [6, 6.07) is 0.